The van der Waals surface area contributed by atoms with Gasteiger partial charge >= 0.3 is 0 Å². The Kier molecular flexibility index (Phi) is 3.11. The van der Waals surface area contributed by atoms with Crippen LogP contribution in [0.1, 0.15) is 41.0 Å². The van der Waals surface area contributed by atoms with Crippen LogP contribution in [0.25, 0.3) is 0 Å². The summed E-state index contributed by atoms with van der Waals surface area (Å²) in [7, 11) is 0. The minimum Gasteiger partial charge on any atom is -0.381 e. The van der Waals surface area contributed by atoms with Gasteiger partial charge in [0.2, 0.25) is 0 Å². The van der Waals surface area contributed by atoms with Gasteiger partial charge in [-0.25, -0.2) is 4.98 Å². The number of carbonyl (C=O) groups is 1. The standard InChI is InChI=1S/C13H18N2O2S/c1-9-11(18-8-14-9)12(16)15-10-2-3-13(10)4-6-17-7-5-13/h8,10H,2-7H2,1H3,(H,15,16). The fourth-order valence-electron chi connectivity index (χ4n) is 3.04. The van der Waals surface area contributed by atoms with Crippen LogP contribution in [0, 0.1) is 12.3 Å². The Bertz CT molecular complexity index is 452. The SMILES string of the molecule is Cc1ncsc1C(=O)NC1CCC12CCOCC2. The van der Waals surface area contributed by atoms with Gasteiger partial charge in [0.15, 0.2) is 0 Å². The van der Waals surface area contributed by atoms with Crippen LogP contribution in [0.3, 0.4) is 0 Å². The highest BCUT2D eigenvalue weighted by atomic mass is 32.1. The van der Waals surface area contributed by atoms with Crippen molar-refractivity contribution >= 4 is 17.2 Å². The van der Waals surface area contributed by atoms with Crippen LogP contribution in [-0.4, -0.2) is 30.1 Å². The Hall–Kier alpha value is -0.940. The molecule has 2 heterocycles. The molecule has 2 fully saturated rings. The molecule has 1 aromatic rings. The lowest BCUT2D eigenvalue weighted by atomic mass is 9.60. The summed E-state index contributed by atoms with van der Waals surface area (Å²) in [6, 6.07) is 0.329. The van der Waals surface area contributed by atoms with Gasteiger partial charge < -0.3 is 10.1 Å². The second-order valence-corrected chi connectivity index (χ2v) is 6.16. The maximum atomic E-state index is 12.2. The molecule has 1 aromatic heterocycles. The number of rotatable bonds is 2. The molecule has 0 bridgehead atoms. The van der Waals surface area contributed by atoms with E-state index in [9.17, 15) is 4.79 Å². The van der Waals surface area contributed by atoms with Gasteiger partial charge in [-0.1, -0.05) is 0 Å². The van der Waals surface area contributed by atoms with Crippen molar-refractivity contribution in [2.45, 2.75) is 38.6 Å². The van der Waals surface area contributed by atoms with Gasteiger partial charge in [-0.3, -0.25) is 4.79 Å². The molecule has 1 atom stereocenters. The number of aromatic nitrogens is 1. The third-order valence-corrected chi connectivity index (χ3v) is 5.34. The van der Waals surface area contributed by atoms with Crippen molar-refractivity contribution in [2.75, 3.05) is 13.2 Å². The molecule has 1 aliphatic carbocycles. The molecule has 1 unspecified atom stereocenters. The van der Waals surface area contributed by atoms with E-state index < -0.39 is 0 Å². The van der Waals surface area contributed by atoms with Crippen molar-refractivity contribution < 1.29 is 9.53 Å². The van der Waals surface area contributed by atoms with Crippen molar-refractivity contribution in [1.82, 2.24) is 10.3 Å². The first-order valence-electron chi connectivity index (χ1n) is 6.50. The second kappa shape index (κ2) is 4.63. The number of hydrogen-bond donors (Lipinski definition) is 1. The smallest absolute Gasteiger partial charge is 0.263 e. The molecule has 1 saturated heterocycles. The van der Waals surface area contributed by atoms with Crippen LogP contribution in [0.5, 0.6) is 0 Å². The lowest BCUT2D eigenvalue weighted by Gasteiger charge is -2.52. The van der Waals surface area contributed by atoms with E-state index in [1.54, 1.807) is 5.51 Å². The minimum absolute atomic E-state index is 0.0468. The molecule has 1 N–H and O–H groups in total. The molecule has 2 aliphatic rings. The van der Waals surface area contributed by atoms with Gasteiger partial charge in [0.1, 0.15) is 4.88 Å². The number of nitrogens with one attached hydrogen (secondary N) is 1. The number of amides is 1. The zero-order chi connectivity index (χ0) is 12.6. The highest BCUT2D eigenvalue weighted by Crippen LogP contribution is 2.48. The quantitative estimate of drug-likeness (QED) is 0.892. The van der Waals surface area contributed by atoms with E-state index in [4.69, 9.17) is 4.74 Å². The fraction of sp³-hybridized carbons (Fsp3) is 0.692. The number of hydrogen-bond acceptors (Lipinski definition) is 4. The predicted molar refractivity (Wildman–Crippen MR) is 69.8 cm³/mol. The molecule has 98 valence electrons. The van der Waals surface area contributed by atoms with Gasteiger partial charge in [-0.05, 0) is 38.0 Å². The molecule has 3 rings (SSSR count). The molecule has 4 nitrogen and oxygen atoms in total. The first kappa shape index (κ1) is 12.1. The van der Waals surface area contributed by atoms with E-state index >= 15 is 0 Å². The molecular weight excluding hydrogens is 248 g/mol. The highest BCUT2D eigenvalue weighted by molar-refractivity contribution is 7.11. The topological polar surface area (TPSA) is 51.2 Å². The van der Waals surface area contributed by atoms with Crippen molar-refractivity contribution in [1.29, 1.82) is 0 Å². The van der Waals surface area contributed by atoms with E-state index in [-0.39, 0.29) is 5.91 Å². The number of ether oxygens (including phenoxy) is 1. The van der Waals surface area contributed by atoms with E-state index in [1.807, 2.05) is 6.92 Å². The maximum Gasteiger partial charge on any atom is 0.263 e. The Morgan fingerprint density at radius 2 is 2.28 bits per heavy atom. The van der Waals surface area contributed by atoms with Gasteiger partial charge in [0.25, 0.3) is 5.91 Å². The van der Waals surface area contributed by atoms with Crippen LogP contribution < -0.4 is 5.32 Å². The Morgan fingerprint density at radius 1 is 1.50 bits per heavy atom. The summed E-state index contributed by atoms with van der Waals surface area (Å²) in [5.41, 5.74) is 2.87. The molecule has 0 aromatic carbocycles. The van der Waals surface area contributed by atoms with Crippen molar-refractivity contribution in [3.05, 3.63) is 16.1 Å². The van der Waals surface area contributed by atoms with Gasteiger partial charge in [0.05, 0.1) is 11.2 Å². The summed E-state index contributed by atoms with van der Waals surface area (Å²) in [6.45, 7) is 3.56. The van der Waals surface area contributed by atoms with Crippen LogP contribution in [-0.2, 0) is 4.74 Å². The van der Waals surface area contributed by atoms with Crippen LogP contribution in [0.2, 0.25) is 0 Å². The monoisotopic (exact) mass is 266 g/mol. The lowest BCUT2D eigenvalue weighted by molar-refractivity contribution is -0.0522. The molecule has 1 amide bonds. The first-order valence-corrected chi connectivity index (χ1v) is 7.38. The number of thiazole rings is 1. The zero-order valence-electron chi connectivity index (χ0n) is 10.6. The van der Waals surface area contributed by atoms with Crippen molar-refractivity contribution in [3.8, 4) is 0 Å². The summed E-state index contributed by atoms with van der Waals surface area (Å²) in [6.07, 6.45) is 4.49. The Labute approximate surface area is 111 Å². The molecule has 0 radical (unpaired) electrons. The van der Waals surface area contributed by atoms with Crippen LogP contribution in [0.4, 0.5) is 0 Å². The van der Waals surface area contributed by atoms with Crippen LogP contribution in [0.15, 0.2) is 5.51 Å². The van der Waals surface area contributed by atoms with Crippen molar-refractivity contribution in [3.63, 3.8) is 0 Å². The van der Waals surface area contributed by atoms with Gasteiger partial charge in [-0.15, -0.1) is 11.3 Å². The Balaban J connectivity index is 1.66. The van der Waals surface area contributed by atoms with Crippen LogP contribution >= 0.6 is 11.3 Å². The third kappa shape index (κ3) is 1.95. The first-order chi connectivity index (χ1) is 8.71. The molecule has 5 heteroatoms. The summed E-state index contributed by atoms with van der Waals surface area (Å²) < 4.78 is 5.42. The Morgan fingerprint density at radius 3 is 2.83 bits per heavy atom. The lowest BCUT2D eigenvalue weighted by Crippen LogP contribution is -2.57. The van der Waals surface area contributed by atoms with Crippen molar-refractivity contribution in [2.24, 2.45) is 5.41 Å². The fourth-order valence-corrected chi connectivity index (χ4v) is 3.75. The van der Waals surface area contributed by atoms with E-state index in [1.165, 1.54) is 17.8 Å². The average Bonchev–Trinajstić information content (AvgIpc) is 2.82. The summed E-state index contributed by atoms with van der Waals surface area (Å²) >= 11 is 1.42. The van der Waals surface area contributed by atoms with Gasteiger partial charge in [-0.2, -0.15) is 0 Å². The zero-order valence-corrected chi connectivity index (χ0v) is 11.4. The van der Waals surface area contributed by atoms with E-state index in [2.05, 4.69) is 10.3 Å². The molecule has 1 saturated carbocycles. The third-order valence-electron chi connectivity index (χ3n) is 4.42. The highest BCUT2D eigenvalue weighted by Gasteiger charge is 2.48. The second-order valence-electron chi connectivity index (χ2n) is 5.31. The molecule has 18 heavy (non-hydrogen) atoms. The minimum atomic E-state index is 0.0468. The number of aryl methyl sites for hydroxylation is 1. The number of carbonyl (C=O) groups excluding carboxylic acids is 1. The number of nitrogens with zero attached hydrogens (tertiary/aromatic N) is 1. The average molecular weight is 266 g/mol. The van der Waals surface area contributed by atoms with Gasteiger partial charge in [0, 0.05) is 19.3 Å². The molecule has 1 spiro atoms. The largest absolute Gasteiger partial charge is 0.381 e. The summed E-state index contributed by atoms with van der Waals surface area (Å²) in [5.74, 6) is 0.0468. The molecular formula is C13H18N2O2S. The summed E-state index contributed by atoms with van der Waals surface area (Å²) in [4.78, 5) is 17.1. The maximum absolute atomic E-state index is 12.2. The normalized spacial score (nSPS) is 25.7. The van der Waals surface area contributed by atoms with E-state index in [0.29, 0.717) is 11.5 Å². The van der Waals surface area contributed by atoms with E-state index in [0.717, 1.165) is 43.0 Å². The summed E-state index contributed by atoms with van der Waals surface area (Å²) in [5, 5.41) is 3.20. The predicted octanol–water partition coefficient (Wildman–Crippen LogP) is 2.14. The molecule has 1 aliphatic heterocycles.